The first-order valence-corrected chi connectivity index (χ1v) is 6.12. The first kappa shape index (κ1) is 14.1. The number of nitrogens with two attached hydrogens (primary N) is 1. The van der Waals surface area contributed by atoms with Crippen LogP contribution < -0.4 is 5.73 Å². The van der Waals surface area contributed by atoms with Gasteiger partial charge in [-0.1, -0.05) is 42.5 Å². The molecule has 0 spiro atoms. The number of aliphatic hydroxyl groups is 1. The monoisotopic (exact) mass is 252 g/mol. The van der Waals surface area contributed by atoms with Crippen molar-refractivity contribution in [2.45, 2.75) is 18.9 Å². The Kier molecular flexibility index (Phi) is 5.55. The van der Waals surface area contributed by atoms with E-state index in [0.717, 1.165) is 12.1 Å². The molecule has 0 bridgehead atoms. The average Bonchev–Trinajstić information content (AvgIpc) is 2.35. The third-order valence-electron chi connectivity index (χ3n) is 3.03. The molecule has 2 atom stereocenters. The number of hydrogen-bond acceptors (Lipinski definition) is 3. The van der Waals surface area contributed by atoms with Gasteiger partial charge in [-0.3, -0.25) is 0 Å². The highest BCUT2D eigenvalue weighted by atomic mass is 32.1. The third kappa shape index (κ3) is 4.07. The van der Waals surface area contributed by atoms with Gasteiger partial charge in [0.2, 0.25) is 0 Å². The van der Waals surface area contributed by atoms with E-state index in [9.17, 15) is 0 Å². The molecule has 0 saturated carbocycles. The maximum Gasteiger partial charge on any atom is 0.0816 e. The van der Waals surface area contributed by atoms with Crippen LogP contribution in [0, 0.1) is 0 Å². The van der Waals surface area contributed by atoms with Crippen molar-refractivity contribution in [3.05, 3.63) is 35.9 Å². The standard InChI is InChI=1S/C13H20N2OS/c1-10(9-16)15(2)8-12(13(14)17)11-6-4-3-5-7-11/h3-7,10,12,16H,8-9H2,1-2H3,(H2,14,17). The van der Waals surface area contributed by atoms with Gasteiger partial charge in [0.15, 0.2) is 0 Å². The largest absolute Gasteiger partial charge is 0.395 e. The molecule has 1 rings (SSSR count). The second-order valence-corrected chi connectivity index (χ2v) is 4.81. The highest BCUT2D eigenvalue weighted by Crippen LogP contribution is 2.17. The van der Waals surface area contributed by atoms with Gasteiger partial charge in [0.25, 0.3) is 0 Å². The fourth-order valence-electron chi connectivity index (χ4n) is 1.65. The lowest BCUT2D eigenvalue weighted by Crippen LogP contribution is -2.38. The predicted octanol–water partition coefficient (Wildman–Crippen LogP) is 1.37. The van der Waals surface area contributed by atoms with Gasteiger partial charge in [0.1, 0.15) is 0 Å². The van der Waals surface area contributed by atoms with Crippen molar-refractivity contribution in [2.75, 3.05) is 20.2 Å². The molecule has 0 aliphatic carbocycles. The molecule has 0 aliphatic rings. The molecular formula is C13H20N2OS. The fourth-order valence-corrected chi connectivity index (χ4v) is 1.86. The van der Waals surface area contributed by atoms with Gasteiger partial charge < -0.3 is 15.7 Å². The van der Waals surface area contributed by atoms with Crippen LogP contribution in [0.1, 0.15) is 18.4 Å². The SMILES string of the molecule is CC(CO)N(C)CC(C(N)=S)c1ccccc1. The topological polar surface area (TPSA) is 49.5 Å². The van der Waals surface area contributed by atoms with Crippen molar-refractivity contribution < 1.29 is 5.11 Å². The van der Waals surface area contributed by atoms with E-state index in [2.05, 4.69) is 4.90 Å². The van der Waals surface area contributed by atoms with Gasteiger partial charge in [-0.05, 0) is 19.5 Å². The van der Waals surface area contributed by atoms with E-state index in [1.807, 2.05) is 44.3 Å². The van der Waals surface area contributed by atoms with E-state index in [0.29, 0.717) is 4.99 Å². The van der Waals surface area contributed by atoms with Crippen LogP contribution >= 0.6 is 12.2 Å². The summed E-state index contributed by atoms with van der Waals surface area (Å²) in [6, 6.07) is 10.1. The second kappa shape index (κ2) is 6.69. The van der Waals surface area contributed by atoms with Gasteiger partial charge in [0.05, 0.1) is 11.6 Å². The number of nitrogens with zero attached hydrogens (tertiary/aromatic N) is 1. The van der Waals surface area contributed by atoms with Crippen LogP contribution in [0.25, 0.3) is 0 Å². The van der Waals surface area contributed by atoms with Gasteiger partial charge >= 0.3 is 0 Å². The zero-order chi connectivity index (χ0) is 12.8. The summed E-state index contributed by atoms with van der Waals surface area (Å²) in [5.74, 6) is 0.0326. The Balaban J connectivity index is 2.78. The Bertz CT molecular complexity index is 356. The first-order chi connectivity index (χ1) is 8.06. The van der Waals surface area contributed by atoms with Gasteiger partial charge in [-0.2, -0.15) is 0 Å². The molecule has 0 amide bonds. The maximum absolute atomic E-state index is 9.12. The molecule has 1 aromatic rings. The van der Waals surface area contributed by atoms with E-state index in [-0.39, 0.29) is 18.6 Å². The lowest BCUT2D eigenvalue weighted by molar-refractivity contribution is 0.158. The number of hydrogen-bond donors (Lipinski definition) is 2. The van der Waals surface area contributed by atoms with Crippen LogP contribution in [0.15, 0.2) is 30.3 Å². The summed E-state index contributed by atoms with van der Waals surface area (Å²) in [6.07, 6.45) is 0. The summed E-state index contributed by atoms with van der Waals surface area (Å²) in [6.45, 7) is 2.83. The molecule has 3 nitrogen and oxygen atoms in total. The van der Waals surface area contributed by atoms with E-state index in [1.54, 1.807) is 0 Å². The van der Waals surface area contributed by atoms with Gasteiger partial charge in [-0.15, -0.1) is 0 Å². The zero-order valence-corrected chi connectivity index (χ0v) is 11.2. The first-order valence-electron chi connectivity index (χ1n) is 5.71. The summed E-state index contributed by atoms with van der Waals surface area (Å²) >= 11 is 5.13. The van der Waals surface area contributed by atoms with Crippen LogP contribution in [-0.2, 0) is 0 Å². The number of rotatable bonds is 6. The van der Waals surface area contributed by atoms with Crippen LogP contribution in [0.2, 0.25) is 0 Å². The lowest BCUT2D eigenvalue weighted by atomic mass is 9.98. The molecule has 0 saturated heterocycles. The molecule has 0 radical (unpaired) electrons. The molecule has 0 aliphatic heterocycles. The quantitative estimate of drug-likeness (QED) is 0.751. The van der Waals surface area contributed by atoms with Crippen molar-refractivity contribution in [2.24, 2.45) is 5.73 Å². The fraction of sp³-hybridized carbons (Fsp3) is 0.462. The van der Waals surface area contributed by atoms with Crippen molar-refractivity contribution in [3.63, 3.8) is 0 Å². The minimum Gasteiger partial charge on any atom is -0.395 e. The zero-order valence-electron chi connectivity index (χ0n) is 10.3. The molecule has 17 heavy (non-hydrogen) atoms. The summed E-state index contributed by atoms with van der Waals surface area (Å²) < 4.78 is 0. The van der Waals surface area contributed by atoms with E-state index >= 15 is 0 Å². The van der Waals surface area contributed by atoms with Crippen molar-refractivity contribution in [1.29, 1.82) is 0 Å². The highest BCUT2D eigenvalue weighted by Gasteiger charge is 2.19. The van der Waals surface area contributed by atoms with Crippen molar-refractivity contribution in [3.8, 4) is 0 Å². The Labute approximate surface area is 108 Å². The van der Waals surface area contributed by atoms with Crippen LogP contribution in [0.4, 0.5) is 0 Å². The molecule has 3 N–H and O–H groups in total. The van der Waals surface area contributed by atoms with E-state index in [4.69, 9.17) is 23.1 Å². The Morgan fingerprint density at radius 3 is 2.47 bits per heavy atom. The summed E-state index contributed by atoms with van der Waals surface area (Å²) in [5.41, 5.74) is 6.92. The maximum atomic E-state index is 9.12. The molecule has 0 heterocycles. The average molecular weight is 252 g/mol. The van der Waals surface area contributed by atoms with Crippen molar-refractivity contribution >= 4 is 17.2 Å². The number of likely N-dealkylation sites (N-methyl/N-ethyl adjacent to an activating group) is 1. The van der Waals surface area contributed by atoms with Gasteiger partial charge in [0, 0.05) is 18.5 Å². The number of thiocarbonyl (C=S) groups is 1. The minimum absolute atomic E-state index is 0.0326. The van der Waals surface area contributed by atoms with Crippen molar-refractivity contribution in [1.82, 2.24) is 4.90 Å². The van der Waals surface area contributed by atoms with E-state index < -0.39 is 0 Å². The second-order valence-electron chi connectivity index (χ2n) is 4.34. The Morgan fingerprint density at radius 2 is 2.00 bits per heavy atom. The predicted molar refractivity (Wildman–Crippen MR) is 75.1 cm³/mol. The molecule has 94 valence electrons. The number of benzene rings is 1. The van der Waals surface area contributed by atoms with Crippen LogP contribution in [0.5, 0.6) is 0 Å². The summed E-state index contributed by atoms with van der Waals surface area (Å²) in [5, 5.41) is 9.12. The molecule has 0 fully saturated rings. The summed E-state index contributed by atoms with van der Waals surface area (Å²) in [7, 11) is 1.97. The lowest BCUT2D eigenvalue weighted by Gasteiger charge is -2.27. The molecule has 4 heteroatoms. The highest BCUT2D eigenvalue weighted by molar-refractivity contribution is 7.80. The number of aliphatic hydroxyl groups excluding tert-OH is 1. The Morgan fingerprint density at radius 1 is 1.41 bits per heavy atom. The Hall–Kier alpha value is -0.970. The van der Waals surface area contributed by atoms with E-state index in [1.165, 1.54) is 0 Å². The third-order valence-corrected chi connectivity index (χ3v) is 3.32. The smallest absolute Gasteiger partial charge is 0.0816 e. The minimum atomic E-state index is 0.0326. The molecule has 2 unspecified atom stereocenters. The molecule has 1 aromatic carbocycles. The molecular weight excluding hydrogens is 232 g/mol. The summed E-state index contributed by atoms with van der Waals surface area (Å²) in [4.78, 5) is 2.56. The van der Waals surface area contributed by atoms with Gasteiger partial charge in [-0.25, -0.2) is 0 Å². The molecule has 0 aromatic heterocycles. The van der Waals surface area contributed by atoms with Crippen LogP contribution in [0.3, 0.4) is 0 Å². The normalized spacial score (nSPS) is 14.6. The van der Waals surface area contributed by atoms with Crippen LogP contribution in [-0.4, -0.2) is 41.2 Å².